The molecule has 1 amide bonds. The summed E-state index contributed by atoms with van der Waals surface area (Å²) in [6, 6.07) is 17.7. The molecule has 0 saturated heterocycles. The van der Waals surface area contributed by atoms with E-state index >= 15 is 0 Å². The van der Waals surface area contributed by atoms with Crippen molar-refractivity contribution in [2.75, 3.05) is 5.32 Å². The Morgan fingerprint density at radius 1 is 1.12 bits per heavy atom. The summed E-state index contributed by atoms with van der Waals surface area (Å²) in [5, 5.41) is 2.73. The third-order valence-electron chi connectivity index (χ3n) is 3.45. The number of nitrogens with one attached hydrogen (secondary N) is 1. The zero-order valence-corrected chi connectivity index (χ0v) is 13.9. The summed E-state index contributed by atoms with van der Waals surface area (Å²) >= 11 is 1.64. The lowest BCUT2D eigenvalue weighted by molar-refractivity contribution is 0.0995. The summed E-state index contributed by atoms with van der Waals surface area (Å²) in [5.74, 6) is 0.934. The number of aryl methyl sites for hydroxylation is 1. The van der Waals surface area contributed by atoms with E-state index in [2.05, 4.69) is 5.32 Å². The predicted molar refractivity (Wildman–Crippen MR) is 93.8 cm³/mol. The fraction of sp³-hybridized carbons (Fsp3) is 0.105. The van der Waals surface area contributed by atoms with E-state index in [4.69, 9.17) is 4.42 Å². The topological polar surface area (TPSA) is 42.2 Å². The molecule has 3 aromatic rings. The number of halogens is 1. The highest BCUT2D eigenvalue weighted by atomic mass is 32.2. The monoisotopic (exact) mass is 341 g/mol. The maximum atomic E-state index is 13.1. The summed E-state index contributed by atoms with van der Waals surface area (Å²) in [5.41, 5.74) is 1.23. The third kappa shape index (κ3) is 4.06. The number of hydrogen-bond donors (Lipinski definition) is 1. The summed E-state index contributed by atoms with van der Waals surface area (Å²) in [4.78, 5) is 13.4. The van der Waals surface area contributed by atoms with Crippen molar-refractivity contribution in [2.45, 2.75) is 17.6 Å². The molecule has 0 unspecified atom stereocenters. The van der Waals surface area contributed by atoms with E-state index in [-0.39, 0.29) is 17.5 Å². The minimum atomic E-state index is -0.347. The molecule has 0 atom stereocenters. The quantitative estimate of drug-likeness (QED) is 0.643. The van der Waals surface area contributed by atoms with Crippen molar-refractivity contribution in [3.63, 3.8) is 0 Å². The number of anilines is 1. The zero-order valence-electron chi connectivity index (χ0n) is 13.1. The second-order valence-corrected chi connectivity index (χ2v) is 6.33. The van der Waals surface area contributed by atoms with E-state index in [0.717, 1.165) is 10.7 Å². The molecule has 0 saturated carbocycles. The highest BCUT2D eigenvalue weighted by Gasteiger charge is 2.13. The van der Waals surface area contributed by atoms with Crippen LogP contribution in [0.5, 0.6) is 0 Å². The van der Waals surface area contributed by atoms with Crippen LogP contribution in [0.25, 0.3) is 0 Å². The zero-order chi connectivity index (χ0) is 16.9. The number of hydrogen-bond acceptors (Lipinski definition) is 3. The first-order valence-electron chi connectivity index (χ1n) is 7.46. The smallest absolute Gasteiger partial charge is 0.291 e. The highest BCUT2D eigenvalue weighted by molar-refractivity contribution is 7.98. The van der Waals surface area contributed by atoms with Gasteiger partial charge in [-0.25, -0.2) is 4.39 Å². The molecule has 122 valence electrons. The number of thioether (sulfide) groups is 1. The van der Waals surface area contributed by atoms with Gasteiger partial charge in [0.05, 0.1) is 5.75 Å². The van der Waals surface area contributed by atoms with E-state index in [1.165, 1.54) is 18.2 Å². The number of carbonyl (C=O) groups is 1. The molecule has 3 nitrogen and oxygen atoms in total. The van der Waals surface area contributed by atoms with Gasteiger partial charge in [-0.2, -0.15) is 0 Å². The normalized spacial score (nSPS) is 10.6. The summed E-state index contributed by atoms with van der Waals surface area (Å²) in [7, 11) is 0. The Kier molecular flexibility index (Phi) is 5.01. The maximum absolute atomic E-state index is 13.1. The Bertz CT molecular complexity index is 846. The molecule has 2 aromatic carbocycles. The van der Waals surface area contributed by atoms with Crippen LogP contribution < -0.4 is 5.32 Å². The molecule has 24 heavy (non-hydrogen) atoms. The first-order valence-corrected chi connectivity index (χ1v) is 8.44. The van der Waals surface area contributed by atoms with E-state index in [1.54, 1.807) is 30.8 Å². The molecular weight excluding hydrogens is 325 g/mol. The van der Waals surface area contributed by atoms with Gasteiger partial charge in [0, 0.05) is 10.6 Å². The van der Waals surface area contributed by atoms with Gasteiger partial charge in [0.25, 0.3) is 5.91 Å². The van der Waals surface area contributed by atoms with Crippen molar-refractivity contribution in [3.8, 4) is 0 Å². The Labute approximate surface area is 143 Å². The van der Waals surface area contributed by atoms with Gasteiger partial charge in [0.1, 0.15) is 11.6 Å². The Balaban J connectivity index is 1.63. The van der Waals surface area contributed by atoms with Crippen LogP contribution in [-0.2, 0) is 5.75 Å². The highest BCUT2D eigenvalue weighted by Crippen LogP contribution is 2.24. The molecule has 0 bridgehead atoms. The average Bonchev–Trinajstić information content (AvgIpc) is 3.05. The molecule has 3 rings (SSSR count). The standard InChI is InChI=1S/C19H16FNO2S/c1-13-11-14(20)7-9-17(13)21-19(22)18-10-8-15(23-18)12-24-16-5-3-2-4-6-16/h2-11H,12H2,1H3,(H,21,22). The molecule has 5 heteroatoms. The minimum absolute atomic E-state index is 0.238. The number of furan rings is 1. The van der Waals surface area contributed by atoms with Gasteiger partial charge < -0.3 is 9.73 Å². The van der Waals surface area contributed by atoms with E-state index < -0.39 is 0 Å². The number of amides is 1. The van der Waals surface area contributed by atoms with Crippen LogP contribution in [-0.4, -0.2) is 5.91 Å². The lowest BCUT2D eigenvalue weighted by Crippen LogP contribution is -2.11. The van der Waals surface area contributed by atoms with Crippen LogP contribution in [0.1, 0.15) is 21.9 Å². The number of rotatable bonds is 5. The molecule has 0 aliphatic heterocycles. The van der Waals surface area contributed by atoms with E-state index in [0.29, 0.717) is 17.0 Å². The second kappa shape index (κ2) is 7.36. The van der Waals surface area contributed by atoms with Crippen molar-refractivity contribution >= 4 is 23.4 Å². The molecule has 0 radical (unpaired) electrons. The molecular formula is C19H16FNO2S. The molecule has 0 fully saturated rings. The fourth-order valence-corrected chi connectivity index (χ4v) is 3.01. The first kappa shape index (κ1) is 16.3. The molecule has 1 N–H and O–H groups in total. The fourth-order valence-electron chi connectivity index (χ4n) is 2.20. The van der Waals surface area contributed by atoms with Crippen LogP contribution in [0.2, 0.25) is 0 Å². The molecule has 0 spiro atoms. The van der Waals surface area contributed by atoms with E-state index in [1.807, 2.05) is 30.3 Å². The van der Waals surface area contributed by atoms with Crippen LogP contribution in [0, 0.1) is 12.7 Å². The van der Waals surface area contributed by atoms with Crippen molar-refractivity contribution in [2.24, 2.45) is 0 Å². The van der Waals surface area contributed by atoms with Crippen molar-refractivity contribution in [1.29, 1.82) is 0 Å². The largest absolute Gasteiger partial charge is 0.455 e. The maximum Gasteiger partial charge on any atom is 0.291 e. The van der Waals surface area contributed by atoms with Gasteiger partial charge in [-0.1, -0.05) is 18.2 Å². The van der Waals surface area contributed by atoms with Crippen molar-refractivity contribution in [3.05, 3.63) is 83.6 Å². The Hall–Kier alpha value is -2.53. The third-order valence-corrected chi connectivity index (χ3v) is 4.48. The lowest BCUT2D eigenvalue weighted by atomic mass is 10.2. The summed E-state index contributed by atoms with van der Waals surface area (Å²) in [6.45, 7) is 1.74. The van der Waals surface area contributed by atoms with Crippen LogP contribution in [0.4, 0.5) is 10.1 Å². The number of benzene rings is 2. The summed E-state index contributed by atoms with van der Waals surface area (Å²) in [6.07, 6.45) is 0. The molecule has 0 aliphatic rings. The molecule has 1 aromatic heterocycles. The van der Waals surface area contributed by atoms with Gasteiger partial charge >= 0.3 is 0 Å². The Morgan fingerprint density at radius 2 is 1.92 bits per heavy atom. The minimum Gasteiger partial charge on any atom is -0.455 e. The van der Waals surface area contributed by atoms with Gasteiger partial charge in [0.15, 0.2) is 5.76 Å². The van der Waals surface area contributed by atoms with Gasteiger partial charge in [-0.3, -0.25) is 4.79 Å². The van der Waals surface area contributed by atoms with E-state index in [9.17, 15) is 9.18 Å². The SMILES string of the molecule is Cc1cc(F)ccc1NC(=O)c1ccc(CSc2ccccc2)o1. The Morgan fingerprint density at radius 3 is 2.67 bits per heavy atom. The van der Waals surface area contributed by atoms with Crippen molar-refractivity contribution < 1.29 is 13.6 Å². The molecule has 0 aliphatic carbocycles. The van der Waals surface area contributed by atoms with Gasteiger partial charge in [-0.05, 0) is 55.0 Å². The summed E-state index contributed by atoms with van der Waals surface area (Å²) < 4.78 is 18.7. The van der Waals surface area contributed by atoms with Crippen LogP contribution in [0.15, 0.2) is 70.0 Å². The molecule has 1 heterocycles. The number of carbonyl (C=O) groups excluding carboxylic acids is 1. The van der Waals surface area contributed by atoms with Gasteiger partial charge in [0.2, 0.25) is 0 Å². The first-order chi connectivity index (χ1) is 11.6. The predicted octanol–water partition coefficient (Wildman–Crippen LogP) is 5.27. The lowest BCUT2D eigenvalue weighted by Gasteiger charge is -2.06. The van der Waals surface area contributed by atoms with Gasteiger partial charge in [-0.15, -0.1) is 11.8 Å². The average molecular weight is 341 g/mol. The van der Waals surface area contributed by atoms with Crippen LogP contribution in [0.3, 0.4) is 0 Å². The van der Waals surface area contributed by atoms with Crippen molar-refractivity contribution in [1.82, 2.24) is 0 Å². The van der Waals surface area contributed by atoms with Crippen LogP contribution >= 0.6 is 11.8 Å². The second-order valence-electron chi connectivity index (χ2n) is 5.28.